The van der Waals surface area contributed by atoms with Crippen molar-refractivity contribution in [3.8, 4) is 0 Å². The summed E-state index contributed by atoms with van der Waals surface area (Å²) in [5, 5.41) is 25.9. The van der Waals surface area contributed by atoms with E-state index in [1.165, 1.54) is 0 Å². The molecule has 0 atom stereocenters. The number of benzene rings is 3. The van der Waals surface area contributed by atoms with E-state index >= 15 is 0 Å². The van der Waals surface area contributed by atoms with Crippen LogP contribution < -0.4 is 0 Å². The second kappa shape index (κ2) is 6.46. The van der Waals surface area contributed by atoms with Crippen molar-refractivity contribution in [2.45, 2.75) is 0 Å². The lowest BCUT2D eigenvalue weighted by Gasteiger charge is -2.12. The molecule has 6 rings (SSSR count). The van der Waals surface area contributed by atoms with Gasteiger partial charge in [-0.05, 0) is 36.4 Å². The predicted octanol–water partition coefficient (Wildman–Crippen LogP) is 3.27. The van der Waals surface area contributed by atoms with Crippen LogP contribution in [0.2, 0.25) is 0 Å². The second-order valence-electron chi connectivity index (χ2n) is 6.58. The Kier molecular flexibility index (Phi) is 3.62. The fraction of sp³-hybridized carbons (Fsp3) is 0. The maximum Gasteiger partial charge on any atom is 0.197 e. The summed E-state index contributed by atoms with van der Waals surface area (Å²) >= 11 is 6.94. The number of halogens is 1. The van der Waals surface area contributed by atoms with Crippen molar-refractivity contribution in [2.75, 3.05) is 0 Å². The summed E-state index contributed by atoms with van der Waals surface area (Å²) in [4.78, 5) is 0. The van der Waals surface area contributed by atoms with Crippen LogP contribution in [0.5, 0.6) is 0 Å². The van der Waals surface area contributed by atoms with Crippen molar-refractivity contribution in [2.24, 2.45) is 0 Å². The van der Waals surface area contributed by atoms with Crippen LogP contribution in [0.3, 0.4) is 0 Å². The third kappa shape index (κ3) is 2.42. The molecule has 3 aromatic heterocycles. The number of hydrogen-bond acceptors (Lipinski definition) is 6. The lowest BCUT2D eigenvalue weighted by molar-refractivity contribution is 0.611. The van der Waals surface area contributed by atoms with Gasteiger partial charge in [0.05, 0.1) is 16.6 Å². The third-order valence-corrected chi connectivity index (χ3v) is 5.16. The van der Waals surface area contributed by atoms with Crippen LogP contribution in [0, 0.1) is 5.82 Å². The smallest absolute Gasteiger partial charge is 0.197 e. The van der Waals surface area contributed by atoms with Gasteiger partial charge in [-0.2, -0.15) is 14.0 Å². The van der Waals surface area contributed by atoms with Gasteiger partial charge in [0.1, 0.15) is 16.6 Å². The molecule has 0 aliphatic rings. The van der Waals surface area contributed by atoms with E-state index in [1.54, 1.807) is 14.0 Å². The zero-order chi connectivity index (χ0) is 20.1. The molecule has 0 unspecified atom stereocenters. The molecule has 0 amide bonds. The molecule has 6 aromatic rings. The topological polar surface area (TPSA) is 92.1 Å². The second-order valence-corrected chi connectivity index (χ2v) is 6.94. The summed E-state index contributed by atoms with van der Waals surface area (Å²) in [5.74, 6) is 0.440. The summed E-state index contributed by atoms with van der Waals surface area (Å²) < 4.78 is 4.82. The number of aromatic nitrogens is 9. The molecule has 0 bridgehead atoms. The van der Waals surface area contributed by atoms with Gasteiger partial charge in [-0.15, -0.1) is 15.3 Å². The molecule has 0 fully saturated rings. The first-order valence-electron chi connectivity index (χ1n) is 9.13. The first kappa shape index (κ1) is 16.8. The molecule has 0 spiro atoms. The van der Waals surface area contributed by atoms with Crippen LogP contribution in [-0.2, 0) is 0 Å². The van der Waals surface area contributed by atoms with E-state index in [9.17, 15) is 0 Å². The third-order valence-electron chi connectivity index (χ3n) is 4.83. The Balaban J connectivity index is 1.72. The Bertz CT molecular complexity index is 1500. The lowest BCUT2D eigenvalue weighted by atomic mass is 10.3. The Hall–Kier alpha value is -4.11. The highest BCUT2D eigenvalue weighted by Crippen LogP contribution is 2.25. The summed E-state index contributed by atoms with van der Waals surface area (Å²) in [6.07, 6.45) is 0. The van der Waals surface area contributed by atoms with Crippen molar-refractivity contribution in [3.63, 3.8) is 0 Å². The Morgan fingerprint density at radius 2 is 0.900 bits per heavy atom. The van der Waals surface area contributed by atoms with E-state index in [4.69, 9.17) is 11.6 Å². The zero-order valence-corrected chi connectivity index (χ0v) is 16.1. The summed E-state index contributed by atoms with van der Waals surface area (Å²) in [7, 11) is 0. The molecule has 0 aliphatic heterocycles. The van der Waals surface area contributed by atoms with Crippen molar-refractivity contribution in [1.29, 1.82) is 0 Å². The Morgan fingerprint density at radius 1 is 0.533 bits per heavy atom. The van der Waals surface area contributed by atoms with Crippen molar-refractivity contribution >= 4 is 49.9 Å². The predicted molar refractivity (Wildman–Crippen MR) is 112 cm³/mol. The number of nitrogens with zero attached hydrogens (tertiary/aromatic N) is 9. The molecule has 0 saturated carbocycles. The van der Waals surface area contributed by atoms with Crippen LogP contribution in [0.25, 0.3) is 38.3 Å². The molecule has 3 heterocycles. The van der Waals surface area contributed by atoms with Crippen molar-refractivity contribution < 1.29 is 0 Å². The quantitative estimate of drug-likeness (QED) is 0.442. The summed E-state index contributed by atoms with van der Waals surface area (Å²) in [6, 6.07) is 22.8. The number of hydrogen-bond donors (Lipinski definition) is 0. The van der Waals surface area contributed by atoms with Gasteiger partial charge in [-0.1, -0.05) is 63.6 Å². The molecule has 10 heteroatoms. The van der Waals surface area contributed by atoms with Gasteiger partial charge in [0.2, 0.25) is 0 Å². The number of para-hydroxylation sites is 3. The minimum Gasteiger partial charge on any atom is -0.197 e. The molecular formula is C20H12ClN9. The van der Waals surface area contributed by atoms with Gasteiger partial charge in [0.15, 0.2) is 11.0 Å². The standard InChI is InChI=1S/C20H12ClN9/c21-19(28-16-10-4-1-7-13(16)22-25-28)20(29-17-11-5-2-8-14(17)23-26-29)30-18-12-6-3-9-15(18)24-27-30/h1-12H. The lowest BCUT2D eigenvalue weighted by Crippen LogP contribution is -2.18. The van der Waals surface area contributed by atoms with Gasteiger partial charge in [-0.25, -0.2) is 0 Å². The number of fused-ring (bicyclic) bond motifs is 3. The molecule has 9 nitrogen and oxygen atoms in total. The normalized spacial score (nSPS) is 11.5. The van der Waals surface area contributed by atoms with Gasteiger partial charge >= 0.3 is 0 Å². The van der Waals surface area contributed by atoms with Gasteiger partial charge in [0.25, 0.3) is 0 Å². The minimum absolute atomic E-state index is 0.259. The van der Waals surface area contributed by atoms with Crippen LogP contribution in [0.15, 0.2) is 72.8 Å². The molecule has 3 aromatic carbocycles. The maximum atomic E-state index is 6.94. The van der Waals surface area contributed by atoms with E-state index < -0.39 is 0 Å². The Morgan fingerprint density at radius 3 is 1.37 bits per heavy atom. The first-order chi connectivity index (χ1) is 14.8. The fourth-order valence-electron chi connectivity index (χ4n) is 3.42. The van der Waals surface area contributed by atoms with Crippen LogP contribution in [0.1, 0.15) is 0 Å². The SMILES string of the molecule is ClC(=C(n1nnc2ccccc21)n1nnc2ccccc21)n1nnc2ccccc21. The molecule has 144 valence electrons. The van der Waals surface area contributed by atoms with E-state index in [2.05, 4.69) is 30.9 Å². The minimum atomic E-state index is 0.259. The van der Waals surface area contributed by atoms with E-state index in [-0.39, 0.29) is 5.16 Å². The highest BCUT2D eigenvalue weighted by molar-refractivity contribution is 6.45. The molecule has 30 heavy (non-hydrogen) atoms. The maximum absolute atomic E-state index is 6.94. The van der Waals surface area contributed by atoms with E-state index in [1.807, 2.05) is 72.8 Å². The first-order valence-corrected chi connectivity index (χ1v) is 9.51. The highest BCUT2D eigenvalue weighted by Gasteiger charge is 2.21. The average Bonchev–Trinajstić information content (AvgIpc) is 3.51. The largest absolute Gasteiger partial charge is 0.197 e. The molecule has 0 radical (unpaired) electrons. The van der Waals surface area contributed by atoms with E-state index in [0.29, 0.717) is 5.82 Å². The van der Waals surface area contributed by atoms with Crippen molar-refractivity contribution in [1.82, 2.24) is 45.0 Å². The fourth-order valence-corrected chi connectivity index (χ4v) is 3.71. The monoisotopic (exact) mass is 413 g/mol. The average molecular weight is 414 g/mol. The zero-order valence-electron chi connectivity index (χ0n) is 15.3. The van der Waals surface area contributed by atoms with E-state index in [0.717, 1.165) is 33.1 Å². The molecule has 0 aliphatic carbocycles. The Labute approximate surface area is 173 Å². The van der Waals surface area contributed by atoms with Crippen molar-refractivity contribution in [3.05, 3.63) is 78.6 Å². The van der Waals surface area contributed by atoms with Gasteiger partial charge < -0.3 is 0 Å². The highest BCUT2D eigenvalue weighted by atomic mass is 35.5. The van der Waals surface area contributed by atoms with Crippen LogP contribution in [-0.4, -0.2) is 45.0 Å². The molecule has 0 N–H and O–H groups in total. The molecular weight excluding hydrogens is 402 g/mol. The van der Waals surface area contributed by atoms with Crippen LogP contribution >= 0.6 is 11.6 Å². The summed E-state index contributed by atoms with van der Waals surface area (Å²) in [6.45, 7) is 0. The molecule has 0 saturated heterocycles. The van der Waals surface area contributed by atoms with Gasteiger partial charge in [-0.3, -0.25) is 0 Å². The van der Waals surface area contributed by atoms with Crippen LogP contribution in [0.4, 0.5) is 0 Å². The van der Waals surface area contributed by atoms with Gasteiger partial charge in [0, 0.05) is 0 Å². The number of rotatable bonds is 3. The summed E-state index contributed by atoms with van der Waals surface area (Å²) in [5.41, 5.74) is 4.49.